The minimum absolute atomic E-state index is 0.297. The minimum atomic E-state index is -1.08. The van der Waals surface area contributed by atoms with Gasteiger partial charge in [0.15, 0.2) is 0 Å². The zero-order valence-corrected chi connectivity index (χ0v) is 13.8. The zero-order chi connectivity index (χ0) is 14.6. The van der Waals surface area contributed by atoms with Crippen molar-refractivity contribution in [2.75, 3.05) is 5.32 Å². The molecule has 0 aliphatic rings. The third kappa shape index (κ3) is 4.67. The van der Waals surface area contributed by atoms with Crippen LogP contribution in [0.5, 0.6) is 0 Å². The molecular formula is C11H11Br2ClN2O3. The van der Waals surface area contributed by atoms with Gasteiger partial charge in [0.1, 0.15) is 6.04 Å². The van der Waals surface area contributed by atoms with E-state index in [0.29, 0.717) is 26.1 Å². The molecule has 0 bridgehead atoms. The van der Waals surface area contributed by atoms with Gasteiger partial charge in [-0.3, -0.25) is 0 Å². The van der Waals surface area contributed by atoms with Crippen LogP contribution in [0.1, 0.15) is 13.3 Å². The van der Waals surface area contributed by atoms with Crippen molar-refractivity contribution >= 4 is 61.1 Å². The highest BCUT2D eigenvalue weighted by Gasteiger charge is 2.18. The van der Waals surface area contributed by atoms with Crippen LogP contribution in [0.15, 0.2) is 21.1 Å². The molecule has 0 unspecified atom stereocenters. The van der Waals surface area contributed by atoms with E-state index in [4.69, 9.17) is 16.7 Å². The largest absolute Gasteiger partial charge is 0.480 e. The molecule has 0 saturated heterocycles. The molecule has 8 heteroatoms. The Morgan fingerprint density at radius 3 is 2.32 bits per heavy atom. The van der Waals surface area contributed by atoms with Crippen molar-refractivity contribution in [3.05, 3.63) is 26.1 Å². The van der Waals surface area contributed by atoms with Gasteiger partial charge in [0.05, 0.1) is 5.69 Å². The number of carbonyl (C=O) groups is 2. The SMILES string of the molecule is CC[C@H](NC(=O)Nc1c(Br)cc(Cl)cc1Br)C(=O)O. The molecule has 2 amide bonds. The number of anilines is 1. The van der Waals surface area contributed by atoms with E-state index in [-0.39, 0.29) is 0 Å². The summed E-state index contributed by atoms with van der Waals surface area (Å²) in [5, 5.41) is 14.3. The van der Waals surface area contributed by atoms with E-state index < -0.39 is 18.0 Å². The van der Waals surface area contributed by atoms with Crippen molar-refractivity contribution in [3.8, 4) is 0 Å². The highest BCUT2D eigenvalue weighted by Crippen LogP contribution is 2.34. The van der Waals surface area contributed by atoms with Gasteiger partial charge < -0.3 is 15.7 Å². The van der Waals surface area contributed by atoms with Crippen LogP contribution in [0.4, 0.5) is 10.5 Å². The summed E-state index contributed by atoms with van der Waals surface area (Å²) in [5.74, 6) is -1.08. The van der Waals surface area contributed by atoms with E-state index in [9.17, 15) is 9.59 Å². The van der Waals surface area contributed by atoms with Crippen molar-refractivity contribution in [2.45, 2.75) is 19.4 Å². The molecule has 1 atom stereocenters. The van der Waals surface area contributed by atoms with Crippen LogP contribution in [0.3, 0.4) is 0 Å². The molecule has 0 radical (unpaired) electrons. The predicted octanol–water partition coefficient (Wildman–Crippen LogP) is 3.85. The van der Waals surface area contributed by atoms with Crippen LogP contribution < -0.4 is 10.6 Å². The molecule has 0 heterocycles. The van der Waals surface area contributed by atoms with Gasteiger partial charge in [-0.2, -0.15) is 0 Å². The number of benzene rings is 1. The zero-order valence-electron chi connectivity index (χ0n) is 9.84. The summed E-state index contributed by atoms with van der Waals surface area (Å²) in [6, 6.07) is 1.72. The van der Waals surface area contributed by atoms with Gasteiger partial charge in [0.2, 0.25) is 0 Å². The number of urea groups is 1. The van der Waals surface area contributed by atoms with Crippen molar-refractivity contribution in [1.82, 2.24) is 5.32 Å². The molecule has 0 aromatic heterocycles. The molecule has 0 spiro atoms. The average molecular weight is 414 g/mol. The van der Waals surface area contributed by atoms with E-state index in [1.807, 2.05) is 0 Å². The lowest BCUT2D eigenvalue weighted by molar-refractivity contribution is -0.139. The number of hydrogen-bond acceptors (Lipinski definition) is 2. The summed E-state index contributed by atoms with van der Waals surface area (Å²) >= 11 is 12.4. The first kappa shape index (κ1) is 16.3. The summed E-state index contributed by atoms with van der Waals surface area (Å²) < 4.78 is 1.18. The first-order valence-corrected chi connectivity index (χ1v) is 7.26. The molecule has 0 saturated carbocycles. The average Bonchev–Trinajstić information content (AvgIpc) is 2.30. The van der Waals surface area contributed by atoms with E-state index in [1.165, 1.54) is 0 Å². The van der Waals surface area contributed by atoms with Crippen molar-refractivity contribution in [1.29, 1.82) is 0 Å². The molecule has 0 aliphatic heterocycles. The number of carboxylic acid groups (broad SMARTS) is 1. The highest BCUT2D eigenvalue weighted by molar-refractivity contribution is 9.11. The lowest BCUT2D eigenvalue weighted by atomic mass is 10.2. The molecule has 19 heavy (non-hydrogen) atoms. The molecule has 1 rings (SSSR count). The normalized spacial score (nSPS) is 11.8. The molecule has 1 aromatic carbocycles. The maximum atomic E-state index is 11.7. The van der Waals surface area contributed by atoms with Crippen LogP contribution in [0.25, 0.3) is 0 Å². The molecular weight excluding hydrogens is 403 g/mol. The van der Waals surface area contributed by atoms with Gasteiger partial charge >= 0.3 is 12.0 Å². The second kappa shape index (κ2) is 7.12. The smallest absolute Gasteiger partial charge is 0.326 e. The first-order valence-electron chi connectivity index (χ1n) is 5.30. The minimum Gasteiger partial charge on any atom is -0.480 e. The molecule has 3 N–H and O–H groups in total. The number of hydrogen-bond donors (Lipinski definition) is 3. The summed E-state index contributed by atoms with van der Waals surface area (Å²) in [6.45, 7) is 1.67. The lowest BCUT2D eigenvalue weighted by Crippen LogP contribution is -2.42. The Morgan fingerprint density at radius 1 is 1.37 bits per heavy atom. The Balaban J connectivity index is 2.80. The van der Waals surface area contributed by atoms with E-state index in [2.05, 4.69) is 42.5 Å². The third-order valence-electron chi connectivity index (χ3n) is 2.26. The number of halogens is 3. The second-order valence-electron chi connectivity index (χ2n) is 3.64. The summed E-state index contributed by atoms with van der Waals surface area (Å²) in [7, 11) is 0. The number of amides is 2. The maximum absolute atomic E-state index is 11.7. The predicted molar refractivity (Wildman–Crippen MR) is 80.7 cm³/mol. The van der Waals surface area contributed by atoms with Gasteiger partial charge in [-0.25, -0.2) is 9.59 Å². The Labute approximate surface area is 132 Å². The van der Waals surface area contributed by atoms with Gasteiger partial charge in [-0.15, -0.1) is 0 Å². The first-order chi connectivity index (χ1) is 8.85. The van der Waals surface area contributed by atoms with Gasteiger partial charge in [0, 0.05) is 14.0 Å². The fourth-order valence-corrected chi connectivity index (χ4v) is 3.17. The fourth-order valence-electron chi connectivity index (χ4n) is 1.31. The van der Waals surface area contributed by atoms with Crippen molar-refractivity contribution in [2.24, 2.45) is 0 Å². The summed E-state index contributed by atoms with van der Waals surface area (Å²) in [6.07, 6.45) is 0.297. The van der Waals surface area contributed by atoms with E-state index in [0.717, 1.165) is 0 Å². The highest BCUT2D eigenvalue weighted by atomic mass is 79.9. The molecule has 0 fully saturated rings. The van der Waals surface area contributed by atoms with Gasteiger partial charge in [-0.1, -0.05) is 18.5 Å². The van der Waals surface area contributed by atoms with E-state index >= 15 is 0 Å². The summed E-state index contributed by atoms with van der Waals surface area (Å²) in [5.41, 5.74) is 0.474. The van der Waals surface area contributed by atoms with Crippen molar-refractivity contribution in [3.63, 3.8) is 0 Å². The second-order valence-corrected chi connectivity index (χ2v) is 5.79. The Bertz CT molecular complexity index is 488. The fraction of sp³-hybridized carbons (Fsp3) is 0.273. The molecule has 104 valence electrons. The van der Waals surface area contributed by atoms with E-state index in [1.54, 1.807) is 19.1 Å². The van der Waals surface area contributed by atoms with Crippen LogP contribution in [-0.2, 0) is 4.79 Å². The van der Waals surface area contributed by atoms with Crippen molar-refractivity contribution < 1.29 is 14.7 Å². The number of nitrogens with one attached hydrogen (secondary N) is 2. The Hall–Kier alpha value is -0.790. The number of carbonyl (C=O) groups excluding carboxylic acids is 1. The van der Waals surface area contributed by atoms with Crippen LogP contribution in [-0.4, -0.2) is 23.1 Å². The standard InChI is InChI=1S/C11H11Br2ClN2O3/c1-2-8(10(17)18)15-11(19)16-9-6(12)3-5(14)4-7(9)13/h3-4,8H,2H2,1H3,(H,17,18)(H2,15,16,19)/t8-/m0/s1. The Morgan fingerprint density at radius 2 is 1.89 bits per heavy atom. The van der Waals surface area contributed by atoms with Crippen LogP contribution in [0, 0.1) is 0 Å². The van der Waals surface area contributed by atoms with Gasteiger partial charge in [-0.05, 0) is 50.4 Å². The quantitative estimate of drug-likeness (QED) is 0.700. The number of aliphatic carboxylic acids is 1. The summed E-state index contributed by atoms with van der Waals surface area (Å²) in [4.78, 5) is 22.5. The number of carboxylic acids is 1. The lowest BCUT2D eigenvalue weighted by Gasteiger charge is -2.15. The molecule has 1 aromatic rings. The molecule has 0 aliphatic carbocycles. The van der Waals surface area contributed by atoms with Crippen LogP contribution in [0.2, 0.25) is 5.02 Å². The monoisotopic (exact) mass is 412 g/mol. The maximum Gasteiger partial charge on any atom is 0.326 e. The number of rotatable bonds is 4. The Kier molecular flexibility index (Phi) is 6.09. The third-order valence-corrected chi connectivity index (χ3v) is 3.73. The van der Waals surface area contributed by atoms with Crippen LogP contribution >= 0.6 is 43.5 Å². The van der Waals surface area contributed by atoms with Gasteiger partial charge in [0.25, 0.3) is 0 Å². The topological polar surface area (TPSA) is 78.4 Å². The molecule has 5 nitrogen and oxygen atoms in total.